The van der Waals surface area contributed by atoms with Gasteiger partial charge in [-0.1, -0.05) is 24.2 Å². The Kier molecular flexibility index (Phi) is 5.06. The van der Waals surface area contributed by atoms with E-state index in [-0.39, 0.29) is 11.4 Å². The molecule has 0 radical (unpaired) electrons. The van der Waals surface area contributed by atoms with Crippen LogP contribution in [0.1, 0.15) is 40.9 Å². The average Bonchev–Trinajstić information content (AvgIpc) is 3.03. The van der Waals surface area contributed by atoms with Crippen molar-refractivity contribution in [2.75, 3.05) is 5.32 Å². The molecule has 7 heteroatoms. The molecule has 26 heavy (non-hydrogen) atoms. The van der Waals surface area contributed by atoms with Crippen molar-refractivity contribution in [1.29, 1.82) is 0 Å². The molecule has 134 valence electrons. The van der Waals surface area contributed by atoms with Gasteiger partial charge in [0.1, 0.15) is 11.6 Å². The summed E-state index contributed by atoms with van der Waals surface area (Å²) in [6.07, 6.45) is 1.55. The van der Waals surface area contributed by atoms with Crippen LogP contribution in [0.5, 0.6) is 0 Å². The minimum atomic E-state index is -0.597. The maximum atomic E-state index is 13.9. The molecule has 0 atom stereocenters. The second-order valence-electron chi connectivity index (χ2n) is 6.00. The number of anilines is 1. The Morgan fingerprint density at radius 1 is 1.23 bits per heavy atom. The van der Waals surface area contributed by atoms with Crippen LogP contribution in [0.15, 0.2) is 34.9 Å². The van der Waals surface area contributed by atoms with Gasteiger partial charge in [-0.2, -0.15) is 4.98 Å². The molecule has 0 spiro atoms. The van der Waals surface area contributed by atoms with E-state index in [0.29, 0.717) is 29.4 Å². The first kappa shape index (κ1) is 17.7. The van der Waals surface area contributed by atoms with Gasteiger partial charge in [-0.3, -0.25) is 4.79 Å². The molecule has 0 aliphatic carbocycles. The van der Waals surface area contributed by atoms with Crippen molar-refractivity contribution in [2.45, 2.75) is 33.6 Å². The summed E-state index contributed by atoms with van der Waals surface area (Å²) in [5, 5.41) is 6.68. The molecule has 0 fully saturated rings. The van der Waals surface area contributed by atoms with Crippen LogP contribution in [0.2, 0.25) is 0 Å². The summed E-state index contributed by atoms with van der Waals surface area (Å²) in [4.78, 5) is 21.3. The third kappa shape index (κ3) is 3.61. The number of carbonyl (C=O) groups excluding carboxylic acids is 1. The summed E-state index contributed by atoms with van der Waals surface area (Å²) in [6, 6.07) is 7.65. The van der Waals surface area contributed by atoms with Gasteiger partial charge < -0.3 is 9.84 Å². The highest BCUT2D eigenvalue weighted by Crippen LogP contribution is 2.29. The zero-order valence-electron chi connectivity index (χ0n) is 14.8. The van der Waals surface area contributed by atoms with Crippen molar-refractivity contribution >= 4 is 11.7 Å². The van der Waals surface area contributed by atoms with Gasteiger partial charge in [-0.15, -0.1) is 0 Å². The topological polar surface area (TPSA) is 80.9 Å². The standard InChI is InChI=1S/C19H19FN4O2/c1-4-7-15-22-18(24-26-15)16-11(2)10-12(3)21-17(16)23-19(25)13-8-5-6-9-14(13)20/h5-6,8-10H,4,7H2,1-3H3,(H,21,23,25). The zero-order chi connectivity index (χ0) is 18.7. The molecule has 1 aromatic carbocycles. The lowest BCUT2D eigenvalue weighted by molar-refractivity contribution is 0.102. The van der Waals surface area contributed by atoms with Gasteiger partial charge in [0, 0.05) is 12.1 Å². The van der Waals surface area contributed by atoms with Crippen molar-refractivity contribution in [2.24, 2.45) is 0 Å². The molecule has 3 aromatic rings. The van der Waals surface area contributed by atoms with Crippen molar-refractivity contribution in [3.63, 3.8) is 0 Å². The first-order chi connectivity index (χ1) is 12.5. The number of pyridine rings is 1. The van der Waals surface area contributed by atoms with Crippen LogP contribution < -0.4 is 5.32 Å². The van der Waals surface area contributed by atoms with Gasteiger partial charge in [-0.05, 0) is 44.0 Å². The molecule has 6 nitrogen and oxygen atoms in total. The van der Waals surface area contributed by atoms with Gasteiger partial charge in [0.2, 0.25) is 11.7 Å². The minimum absolute atomic E-state index is 0.0563. The second kappa shape index (κ2) is 7.43. The molecule has 2 aromatic heterocycles. The van der Waals surface area contributed by atoms with Crippen molar-refractivity contribution in [3.8, 4) is 11.4 Å². The van der Waals surface area contributed by atoms with E-state index in [1.54, 1.807) is 6.07 Å². The Bertz CT molecular complexity index is 952. The van der Waals surface area contributed by atoms with Gasteiger partial charge in [0.15, 0.2) is 0 Å². The SMILES string of the molecule is CCCc1nc(-c2c(C)cc(C)nc2NC(=O)c2ccccc2F)no1. The van der Waals surface area contributed by atoms with E-state index in [1.807, 2.05) is 26.8 Å². The van der Waals surface area contributed by atoms with Crippen LogP contribution in [0.3, 0.4) is 0 Å². The fourth-order valence-corrected chi connectivity index (χ4v) is 2.70. The Morgan fingerprint density at radius 3 is 2.73 bits per heavy atom. The van der Waals surface area contributed by atoms with Crippen molar-refractivity contribution in [1.82, 2.24) is 15.1 Å². The van der Waals surface area contributed by atoms with Crippen LogP contribution >= 0.6 is 0 Å². The maximum absolute atomic E-state index is 13.9. The van der Waals surface area contributed by atoms with Crippen LogP contribution in [0.25, 0.3) is 11.4 Å². The van der Waals surface area contributed by atoms with Gasteiger partial charge in [0.25, 0.3) is 5.91 Å². The quantitative estimate of drug-likeness (QED) is 0.746. The summed E-state index contributed by atoms with van der Waals surface area (Å²) >= 11 is 0. The highest BCUT2D eigenvalue weighted by Gasteiger charge is 2.20. The normalized spacial score (nSPS) is 10.8. The highest BCUT2D eigenvalue weighted by atomic mass is 19.1. The van der Waals surface area contributed by atoms with Crippen molar-refractivity contribution < 1.29 is 13.7 Å². The fraction of sp³-hybridized carbons (Fsp3) is 0.263. The van der Waals surface area contributed by atoms with Crippen LogP contribution in [0.4, 0.5) is 10.2 Å². The minimum Gasteiger partial charge on any atom is -0.339 e. The summed E-state index contributed by atoms with van der Waals surface area (Å²) in [5.74, 6) is -0.0319. The number of hydrogen-bond acceptors (Lipinski definition) is 5. The van der Waals surface area contributed by atoms with E-state index in [4.69, 9.17) is 4.52 Å². The van der Waals surface area contributed by atoms with Gasteiger partial charge in [0.05, 0.1) is 11.1 Å². The largest absolute Gasteiger partial charge is 0.339 e. The molecule has 0 aliphatic rings. The van der Waals surface area contributed by atoms with E-state index in [2.05, 4.69) is 20.4 Å². The van der Waals surface area contributed by atoms with Crippen LogP contribution in [-0.4, -0.2) is 21.0 Å². The Labute approximate surface area is 150 Å². The molecular weight excluding hydrogens is 335 g/mol. The van der Waals surface area contributed by atoms with E-state index in [1.165, 1.54) is 18.2 Å². The number of nitrogens with one attached hydrogen (secondary N) is 1. The number of aryl methyl sites for hydroxylation is 3. The lowest BCUT2D eigenvalue weighted by Crippen LogP contribution is -2.16. The molecule has 1 amide bonds. The molecule has 3 rings (SSSR count). The maximum Gasteiger partial charge on any atom is 0.259 e. The summed E-state index contributed by atoms with van der Waals surface area (Å²) in [7, 11) is 0. The molecule has 2 heterocycles. The zero-order valence-corrected chi connectivity index (χ0v) is 14.8. The molecule has 0 saturated carbocycles. The predicted octanol–water partition coefficient (Wildman–Crippen LogP) is 4.09. The van der Waals surface area contributed by atoms with Gasteiger partial charge in [-0.25, -0.2) is 9.37 Å². The number of hydrogen-bond donors (Lipinski definition) is 1. The number of amides is 1. The van der Waals surface area contributed by atoms with E-state index >= 15 is 0 Å². The third-order valence-electron chi connectivity index (χ3n) is 3.85. The monoisotopic (exact) mass is 354 g/mol. The predicted molar refractivity (Wildman–Crippen MR) is 95.4 cm³/mol. The number of rotatable bonds is 5. The molecule has 0 unspecified atom stereocenters. The summed E-state index contributed by atoms with van der Waals surface area (Å²) < 4.78 is 19.1. The second-order valence-corrected chi connectivity index (χ2v) is 6.00. The molecule has 1 N–H and O–H groups in total. The molecule has 0 aliphatic heterocycles. The van der Waals surface area contributed by atoms with Crippen LogP contribution in [-0.2, 0) is 6.42 Å². The summed E-state index contributed by atoms with van der Waals surface area (Å²) in [5.41, 5.74) is 2.06. The number of nitrogens with zero attached hydrogens (tertiary/aromatic N) is 3. The first-order valence-electron chi connectivity index (χ1n) is 8.36. The van der Waals surface area contributed by atoms with Crippen LogP contribution in [0, 0.1) is 19.7 Å². The van der Waals surface area contributed by atoms with E-state index < -0.39 is 11.7 Å². The number of halogens is 1. The van der Waals surface area contributed by atoms with Gasteiger partial charge >= 0.3 is 0 Å². The third-order valence-corrected chi connectivity index (χ3v) is 3.85. The number of carbonyl (C=O) groups is 1. The lowest BCUT2D eigenvalue weighted by atomic mass is 10.1. The molecule has 0 bridgehead atoms. The fourth-order valence-electron chi connectivity index (χ4n) is 2.70. The Balaban J connectivity index is 2.01. The lowest BCUT2D eigenvalue weighted by Gasteiger charge is -2.12. The van der Waals surface area contributed by atoms with E-state index in [9.17, 15) is 9.18 Å². The highest BCUT2D eigenvalue weighted by molar-refractivity contribution is 6.05. The number of benzene rings is 1. The number of aromatic nitrogens is 3. The average molecular weight is 354 g/mol. The Hall–Kier alpha value is -3.09. The van der Waals surface area contributed by atoms with Crippen molar-refractivity contribution in [3.05, 3.63) is 58.9 Å². The smallest absolute Gasteiger partial charge is 0.259 e. The molecule has 0 saturated heterocycles. The summed E-state index contributed by atoms with van der Waals surface area (Å²) in [6.45, 7) is 5.70. The van der Waals surface area contributed by atoms with E-state index in [0.717, 1.165) is 12.0 Å². The Morgan fingerprint density at radius 2 is 2.00 bits per heavy atom. The first-order valence-corrected chi connectivity index (χ1v) is 8.36. The molecular formula is C19H19FN4O2.